The third-order valence-corrected chi connectivity index (χ3v) is 11.4. The number of anilines is 1. The number of halogens is 1. The number of phenolic OH excluding ortho intramolecular Hbond substituents is 1. The fraction of sp³-hybridized carbons (Fsp3) is 0.359. The van der Waals surface area contributed by atoms with Gasteiger partial charge in [-0.15, -0.1) is 6.42 Å². The lowest BCUT2D eigenvalue weighted by Gasteiger charge is -2.36. The Kier molecular flexibility index (Phi) is 6.36. The van der Waals surface area contributed by atoms with Gasteiger partial charge in [-0.2, -0.15) is 9.97 Å². The van der Waals surface area contributed by atoms with Gasteiger partial charge in [0, 0.05) is 65.9 Å². The maximum Gasteiger partial charge on any atom is 0.319 e. The minimum absolute atomic E-state index is 0.00491. The lowest BCUT2D eigenvalue weighted by molar-refractivity contribution is 0.0456. The van der Waals surface area contributed by atoms with Crippen LogP contribution in [-0.4, -0.2) is 69.9 Å². The molecule has 0 aliphatic carbocycles. The number of phenols is 1. The highest BCUT2D eigenvalue weighted by molar-refractivity contribution is 6.02. The van der Waals surface area contributed by atoms with E-state index in [0.717, 1.165) is 57.5 Å². The molecule has 10 rings (SSSR count). The van der Waals surface area contributed by atoms with Crippen LogP contribution in [0.3, 0.4) is 0 Å². The molecule has 2 N–H and O–H groups in total. The van der Waals surface area contributed by atoms with Crippen LogP contribution >= 0.6 is 0 Å². The van der Waals surface area contributed by atoms with Crippen LogP contribution in [0.5, 0.6) is 17.5 Å². The number of hydrogen-bond acceptors (Lipinski definition) is 9. The predicted molar refractivity (Wildman–Crippen MR) is 184 cm³/mol. The monoisotopic (exact) mass is 654 g/mol. The lowest BCUT2D eigenvalue weighted by Crippen LogP contribution is -2.51. The Morgan fingerprint density at radius 2 is 1.96 bits per heavy atom. The molecule has 3 aromatic carbocycles. The molecule has 5 aromatic rings. The van der Waals surface area contributed by atoms with Crippen molar-refractivity contribution in [1.29, 1.82) is 0 Å². The number of nitrogens with one attached hydrogen (secondary N) is 1. The number of nitrogens with zero attached hydrogens (tertiary/aromatic N) is 5. The number of rotatable bonds is 5. The molecule has 3 fully saturated rings. The number of ether oxygens (including phenoxy) is 2. The zero-order valence-corrected chi connectivity index (χ0v) is 27.0. The van der Waals surface area contributed by atoms with Crippen LogP contribution in [0.25, 0.3) is 32.9 Å². The molecule has 10 heteroatoms. The van der Waals surface area contributed by atoms with Crippen LogP contribution < -0.4 is 19.7 Å². The van der Waals surface area contributed by atoms with Crippen LogP contribution in [0, 0.1) is 18.2 Å². The second-order valence-electron chi connectivity index (χ2n) is 14.1. The zero-order valence-electron chi connectivity index (χ0n) is 27.0. The Balaban J connectivity index is 1.11. The quantitative estimate of drug-likeness (QED) is 0.228. The minimum atomic E-state index is -0.609. The fourth-order valence-electron chi connectivity index (χ4n) is 9.42. The molecule has 2 aromatic heterocycles. The molecule has 4 unspecified atom stereocenters. The molecule has 0 saturated carbocycles. The van der Waals surface area contributed by atoms with E-state index in [1.807, 2.05) is 12.1 Å². The Morgan fingerprint density at radius 3 is 2.82 bits per heavy atom. The molecule has 2 bridgehead atoms. The van der Waals surface area contributed by atoms with E-state index in [0.29, 0.717) is 64.4 Å². The first-order valence-electron chi connectivity index (χ1n) is 17.3. The first kappa shape index (κ1) is 29.0. The summed E-state index contributed by atoms with van der Waals surface area (Å²) < 4.78 is 29.8. The predicted octanol–water partition coefficient (Wildman–Crippen LogP) is 5.82. The second-order valence-corrected chi connectivity index (χ2v) is 14.1. The van der Waals surface area contributed by atoms with Crippen molar-refractivity contribution in [2.24, 2.45) is 0 Å². The van der Waals surface area contributed by atoms with Gasteiger partial charge in [-0.3, -0.25) is 9.88 Å². The number of fused-ring (bicyclic) bond motifs is 7. The van der Waals surface area contributed by atoms with Crippen LogP contribution in [0.15, 0.2) is 54.7 Å². The summed E-state index contributed by atoms with van der Waals surface area (Å²) in [6.45, 7) is 3.54. The van der Waals surface area contributed by atoms with E-state index in [9.17, 15) is 5.11 Å². The van der Waals surface area contributed by atoms with Crippen molar-refractivity contribution in [3.8, 4) is 41.1 Å². The average molecular weight is 655 g/mol. The van der Waals surface area contributed by atoms with Crippen LogP contribution in [0.4, 0.5) is 10.2 Å². The number of hydrogen-bond donors (Lipinski definition) is 2. The largest absolute Gasteiger partial charge is 0.508 e. The fourth-order valence-corrected chi connectivity index (χ4v) is 9.42. The molecule has 4 atom stereocenters. The molecule has 246 valence electrons. The van der Waals surface area contributed by atoms with E-state index in [1.54, 1.807) is 18.3 Å². The number of piperazine rings is 1. The second kappa shape index (κ2) is 10.8. The summed E-state index contributed by atoms with van der Waals surface area (Å²) in [5.74, 6) is 3.69. The van der Waals surface area contributed by atoms with E-state index in [-0.39, 0.29) is 28.5 Å². The number of aromatic nitrogens is 3. The maximum absolute atomic E-state index is 17.0. The topological polar surface area (TPSA) is 95.9 Å². The van der Waals surface area contributed by atoms with E-state index in [2.05, 4.69) is 44.2 Å². The van der Waals surface area contributed by atoms with Crippen LogP contribution in [0.1, 0.15) is 54.8 Å². The van der Waals surface area contributed by atoms with Gasteiger partial charge in [0.1, 0.15) is 35.1 Å². The van der Waals surface area contributed by atoms with Gasteiger partial charge in [-0.1, -0.05) is 30.2 Å². The molecule has 3 saturated heterocycles. The molecule has 0 amide bonds. The van der Waals surface area contributed by atoms with Gasteiger partial charge in [-0.05, 0) is 67.4 Å². The van der Waals surface area contributed by atoms with E-state index >= 15 is 4.39 Å². The molecule has 9 nitrogen and oxygen atoms in total. The smallest absolute Gasteiger partial charge is 0.319 e. The molecule has 0 spiro atoms. The normalized spacial score (nSPS) is 25.3. The van der Waals surface area contributed by atoms with Crippen molar-refractivity contribution in [2.45, 2.75) is 55.8 Å². The first-order chi connectivity index (χ1) is 24.0. The summed E-state index contributed by atoms with van der Waals surface area (Å²) in [6.07, 6.45) is 12.7. The zero-order chi connectivity index (χ0) is 32.9. The number of pyridine rings is 1. The molecular formula is C39H35FN6O3. The summed E-state index contributed by atoms with van der Waals surface area (Å²) in [6, 6.07) is 16.1. The molecular weight excluding hydrogens is 619 g/mol. The van der Waals surface area contributed by atoms with Gasteiger partial charge < -0.3 is 24.8 Å². The van der Waals surface area contributed by atoms with Gasteiger partial charge in [0.05, 0.1) is 17.5 Å². The number of aromatic hydroxyl groups is 1. The third-order valence-electron chi connectivity index (χ3n) is 11.4. The van der Waals surface area contributed by atoms with Crippen molar-refractivity contribution in [3.05, 3.63) is 77.2 Å². The summed E-state index contributed by atoms with van der Waals surface area (Å²) in [5, 5.41) is 16.2. The van der Waals surface area contributed by atoms with E-state index in [4.69, 9.17) is 25.9 Å². The summed E-state index contributed by atoms with van der Waals surface area (Å²) in [7, 11) is 0. The van der Waals surface area contributed by atoms with Crippen molar-refractivity contribution >= 4 is 27.5 Å². The average Bonchev–Trinajstić information content (AvgIpc) is 3.78. The highest BCUT2D eigenvalue weighted by atomic mass is 19.1. The van der Waals surface area contributed by atoms with Crippen LogP contribution in [-0.2, 0) is 5.54 Å². The van der Waals surface area contributed by atoms with Crippen molar-refractivity contribution in [2.75, 3.05) is 37.7 Å². The molecule has 0 radical (unpaired) electrons. The van der Waals surface area contributed by atoms with E-state index < -0.39 is 5.82 Å². The SMILES string of the molecule is C#Cc1cccc2cc(O)cc(-c3ncc4c(N5CC6CCC(C5)N6)nc(OCC56CCCN5C5CCOc7cccc6c75)nc4c3F)c12. The van der Waals surface area contributed by atoms with Gasteiger partial charge in [0.25, 0.3) is 0 Å². The molecule has 5 aliphatic rings. The van der Waals surface area contributed by atoms with Gasteiger partial charge in [0.15, 0.2) is 5.82 Å². The Bertz CT molecular complexity index is 2230. The Labute approximate surface area is 283 Å². The molecule has 49 heavy (non-hydrogen) atoms. The third kappa shape index (κ3) is 4.28. The lowest BCUT2D eigenvalue weighted by atomic mass is 9.87. The highest BCUT2D eigenvalue weighted by Crippen LogP contribution is 2.57. The molecule has 7 heterocycles. The van der Waals surface area contributed by atoms with Crippen molar-refractivity contribution in [1.82, 2.24) is 25.2 Å². The van der Waals surface area contributed by atoms with Crippen molar-refractivity contribution < 1.29 is 19.0 Å². The van der Waals surface area contributed by atoms with E-state index in [1.165, 1.54) is 17.2 Å². The van der Waals surface area contributed by atoms with Crippen molar-refractivity contribution in [3.63, 3.8) is 0 Å². The maximum atomic E-state index is 17.0. The van der Waals surface area contributed by atoms with Gasteiger partial charge >= 0.3 is 6.01 Å². The Morgan fingerprint density at radius 1 is 1.10 bits per heavy atom. The summed E-state index contributed by atoms with van der Waals surface area (Å²) >= 11 is 0. The van der Waals surface area contributed by atoms with Crippen LogP contribution in [0.2, 0.25) is 0 Å². The number of benzene rings is 3. The first-order valence-corrected chi connectivity index (χ1v) is 17.3. The standard InChI is InChI=1S/C39H35FN6O3/c1-2-22-6-3-7-23-16-26(47)17-27(32(22)23)35-34(40)36-28(18-41-35)37(45-19-24-10-11-25(20-45)42-24)44-38(43-36)49-21-39-13-5-14-46(39)30-12-15-48-31-9-4-8-29(39)33(30)31/h1,3-4,6-9,16-18,24-25,30,42,47H,5,10-15,19-21H2. The van der Waals surface area contributed by atoms with Gasteiger partial charge in [0.2, 0.25) is 0 Å². The summed E-state index contributed by atoms with van der Waals surface area (Å²) in [5.41, 5.74) is 3.39. The highest BCUT2D eigenvalue weighted by Gasteiger charge is 2.55. The number of terminal acetylenes is 1. The minimum Gasteiger partial charge on any atom is -0.508 e. The summed E-state index contributed by atoms with van der Waals surface area (Å²) in [4.78, 5) is 19.2. The molecule has 5 aliphatic heterocycles. The van der Waals surface area contributed by atoms with Gasteiger partial charge in [-0.25, -0.2) is 4.39 Å². The Hall–Kier alpha value is -4.98.